The maximum atomic E-state index is 13.4. The summed E-state index contributed by atoms with van der Waals surface area (Å²) < 4.78 is 73.7. The van der Waals surface area contributed by atoms with Gasteiger partial charge in [-0.1, -0.05) is 30.3 Å². The van der Waals surface area contributed by atoms with E-state index >= 15 is 0 Å². The molecule has 12 heteroatoms. The van der Waals surface area contributed by atoms with E-state index in [-0.39, 0.29) is 30.6 Å². The van der Waals surface area contributed by atoms with Gasteiger partial charge < -0.3 is 29.2 Å². The number of hydrogen-bond acceptors (Lipinski definition) is 6. The van der Waals surface area contributed by atoms with Gasteiger partial charge in [0.2, 0.25) is 6.79 Å². The Labute approximate surface area is 259 Å². The van der Waals surface area contributed by atoms with Crippen LogP contribution in [0.15, 0.2) is 66.7 Å². The van der Waals surface area contributed by atoms with E-state index in [0.29, 0.717) is 24.8 Å². The van der Waals surface area contributed by atoms with Crippen LogP contribution in [0.1, 0.15) is 55.1 Å². The number of nitrogens with zero attached hydrogens (tertiary/aromatic N) is 1. The summed E-state index contributed by atoms with van der Waals surface area (Å²) in [5.41, 5.74) is -1.57. The normalized spacial score (nSPS) is 15.9. The molecule has 1 unspecified atom stereocenters. The maximum Gasteiger partial charge on any atom is 0.416 e. The Hall–Kier alpha value is -4.48. The van der Waals surface area contributed by atoms with Gasteiger partial charge in [0.05, 0.1) is 17.7 Å². The summed E-state index contributed by atoms with van der Waals surface area (Å²) in [5, 5.41) is 2.29. The van der Waals surface area contributed by atoms with Crippen molar-refractivity contribution in [2.45, 2.75) is 51.9 Å². The second-order valence-electron chi connectivity index (χ2n) is 11.6. The molecule has 2 aliphatic rings. The Balaban J connectivity index is 0.000000207. The van der Waals surface area contributed by atoms with E-state index in [9.17, 15) is 27.2 Å². The lowest BCUT2D eigenvalue weighted by Gasteiger charge is -2.34. The molecule has 0 aliphatic carbocycles. The van der Waals surface area contributed by atoms with E-state index in [1.165, 1.54) is 36.4 Å². The summed E-state index contributed by atoms with van der Waals surface area (Å²) in [4.78, 5) is 25.7. The number of benzene rings is 3. The van der Waals surface area contributed by atoms with Crippen LogP contribution in [0.2, 0.25) is 0 Å². The maximum absolute atomic E-state index is 13.4. The van der Waals surface area contributed by atoms with Crippen LogP contribution in [0.25, 0.3) is 0 Å². The Kier molecular flexibility index (Phi) is 10.8. The standard InChI is InChI=1S/C18H25NO5.C15H11F4NO/c1-18(2,3)24-17(20)19-8-4-5-13(10-19)11-21-14-6-7-15-16(9-14)23-12-22-15;16-13-8-4-2-6-11(13)14(21)20-9-10-5-1-3-7-12(10)15(17,18)19/h6-7,9,13H,4-5,8,10-12H2,1-3H3;1-8H,9H2,(H,20,21). The minimum atomic E-state index is -4.50. The second-order valence-corrected chi connectivity index (χ2v) is 11.6. The van der Waals surface area contributed by atoms with Crippen LogP contribution in [0, 0.1) is 11.7 Å². The quantitative estimate of drug-likeness (QED) is 0.289. The first-order valence-electron chi connectivity index (χ1n) is 14.5. The molecule has 1 fully saturated rings. The van der Waals surface area contributed by atoms with Crippen molar-refractivity contribution in [1.82, 2.24) is 10.2 Å². The van der Waals surface area contributed by atoms with Crippen molar-refractivity contribution >= 4 is 12.0 Å². The smallest absolute Gasteiger partial charge is 0.416 e. The number of ether oxygens (including phenoxy) is 4. The molecule has 5 rings (SSSR count). The van der Waals surface area contributed by atoms with Crippen molar-refractivity contribution in [3.05, 3.63) is 89.2 Å². The number of carbonyl (C=O) groups is 2. The average Bonchev–Trinajstić information content (AvgIpc) is 3.46. The summed E-state index contributed by atoms with van der Waals surface area (Å²) in [6, 6.07) is 15.8. The van der Waals surface area contributed by atoms with Crippen LogP contribution in [0.4, 0.5) is 22.4 Å². The lowest BCUT2D eigenvalue weighted by atomic mass is 9.99. The lowest BCUT2D eigenvalue weighted by molar-refractivity contribution is -0.138. The third-order valence-electron chi connectivity index (χ3n) is 6.88. The number of halogens is 4. The van der Waals surface area contributed by atoms with Crippen molar-refractivity contribution in [2.75, 3.05) is 26.5 Å². The summed E-state index contributed by atoms with van der Waals surface area (Å²) in [5.74, 6) is 1.04. The van der Waals surface area contributed by atoms with Crippen LogP contribution in [-0.4, -0.2) is 49.0 Å². The summed E-state index contributed by atoms with van der Waals surface area (Å²) in [7, 11) is 0. The fourth-order valence-corrected chi connectivity index (χ4v) is 4.74. The number of hydrogen-bond donors (Lipinski definition) is 1. The third kappa shape index (κ3) is 9.75. The number of rotatable bonds is 6. The van der Waals surface area contributed by atoms with Crippen molar-refractivity contribution in [3.63, 3.8) is 0 Å². The highest BCUT2D eigenvalue weighted by atomic mass is 19.4. The van der Waals surface area contributed by atoms with Crippen LogP contribution >= 0.6 is 0 Å². The molecular formula is C33H36F4N2O6. The molecule has 1 N–H and O–H groups in total. The molecule has 1 atom stereocenters. The van der Waals surface area contributed by atoms with Crippen molar-refractivity contribution < 1.29 is 46.1 Å². The van der Waals surface area contributed by atoms with E-state index in [0.717, 1.165) is 43.0 Å². The molecule has 1 saturated heterocycles. The molecule has 8 nitrogen and oxygen atoms in total. The molecule has 45 heavy (non-hydrogen) atoms. The van der Waals surface area contributed by atoms with E-state index in [4.69, 9.17) is 18.9 Å². The van der Waals surface area contributed by atoms with E-state index in [1.807, 2.05) is 39.0 Å². The molecule has 0 aromatic heterocycles. The molecule has 3 aromatic rings. The molecule has 2 amide bonds. The number of piperidine rings is 1. The monoisotopic (exact) mass is 632 g/mol. The summed E-state index contributed by atoms with van der Waals surface area (Å²) in [6.07, 6.45) is -2.73. The zero-order valence-corrected chi connectivity index (χ0v) is 25.3. The SMILES string of the molecule is CC(C)(C)OC(=O)N1CCCC(COc2ccc3c(c2)OCO3)C1.O=C(NCc1ccccc1C(F)(F)F)c1ccccc1F. The Bertz CT molecular complexity index is 1470. The molecule has 3 aromatic carbocycles. The fourth-order valence-electron chi connectivity index (χ4n) is 4.74. The van der Waals surface area contributed by atoms with E-state index in [1.54, 1.807) is 4.90 Å². The average molecular weight is 633 g/mol. The molecule has 0 radical (unpaired) electrons. The predicted molar refractivity (Wildman–Crippen MR) is 158 cm³/mol. The first-order chi connectivity index (χ1) is 21.3. The van der Waals surface area contributed by atoms with Crippen molar-refractivity contribution in [1.29, 1.82) is 0 Å². The lowest BCUT2D eigenvalue weighted by Crippen LogP contribution is -2.44. The van der Waals surface area contributed by atoms with Gasteiger partial charge in [0.25, 0.3) is 5.91 Å². The van der Waals surface area contributed by atoms with Gasteiger partial charge >= 0.3 is 12.3 Å². The highest BCUT2D eigenvalue weighted by Crippen LogP contribution is 2.35. The number of alkyl halides is 3. The first-order valence-corrected chi connectivity index (χ1v) is 14.5. The molecule has 0 saturated carbocycles. The minimum Gasteiger partial charge on any atom is -0.493 e. The van der Waals surface area contributed by atoms with Gasteiger partial charge in [0, 0.05) is 31.6 Å². The molecule has 0 bridgehead atoms. The van der Waals surface area contributed by atoms with Crippen LogP contribution in [-0.2, 0) is 17.5 Å². The zero-order chi connectivity index (χ0) is 32.6. The van der Waals surface area contributed by atoms with Gasteiger partial charge in [-0.15, -0.1) is 0 Å². The number of nitrogens with one attached hydrogen (secondary N) is 1. The van der Waals surface area contributed by atoms with Crippen molar-refractivity contribution in [2.24, 2.45) is 5.92 Å². The Morgan fingerprint density at radius 1 is 0.978 bits per heavy atom. The van der Waals surface area contributed by atoms with Gasteiger partial charge in [0.1, 0.15) is 17.2 Å². The van der Waals surface area contributed by atoms with Gasteiger partial charge in [-0.25, -0.2) is 9.18 Å². The predicted octanol–water partition coefficient (Wildman–Crippen LogP) is 7.22. The Morgan fingerprint density at radius 3 is 2.42 bits per heavy atom. The largest absolute Gasteiger partial charge is 0.493 e. The van der Waals surface area contributed by atoms with Crippen LogP contribution in [0.3, 0.4) is 0 Å². The fraction of sp³-hybridized carbons (Fsp3) is 0.394. The van der Waals surface area contributed by atoms with Crippen LogP contribution in [0.5, 0.6) is 17.2 Å². The van der Waals surface area contributed by atoms with Crippen LogP contribution < -0.4 is 19.5 Å². The molecule has 0 spiro atoms. The molecule has 2 aliphatic heterocycles. The minimum absolute atomic E-state index is 0.0744. The van der Waals surface area contributed by atoms with E-state index in [2.05, 4.69) is 5.32 Å². The first kappa shape index (κ1) is 33.4. The third-order valence-corrected chi connectivity index (χ3v) is 6.88. The van der Waals surface area contributed by atoms with Gasteiger partial charge in [-0.05, 0) is 69.5 Å². The van der Waals surface area contributed by atoms with Crippen molar-refractivity contribution in [3.8, 4) is 17.2 Å². The molecule has 2 heterocycles. The zero-order valence-electron chi connectivity index (χ0n) is 25.3. The number of carbonyl (C=O) groups excluding carboxylic acids is 2. The van der Waals surface area contributed by atoms with E-state index < -0.39 is 29.1 Å². The second kappa shape index (κ2) is 14.5. The highest BCUT2D eigenvalue weighted by Gasteiger charge is 2.33. The Morgan fingerprint density at radius 2 is 1.69 bits per heavy atom. The highest BCUT2D eigenvalue weighted by molar-refractivity contribution is 5.94. The molecular weight excluding hydrogens is 596 g/mol. The number of amides is 2. The number of likely N-dealkylation sites (tertiary alicyclic amines) is 1. The summed E-state index contributed by atoms with van der Waals surface area (Å²) >= 11 is 0. The molecule has 242 valence electrons. The van der Waals surface area contributed by atoms with Gasteiger partial charge in [-0.2, -0.15) is 13.2 Å². The number of fused-ring (bicyclic) bond motifs is 1. The van der Waals surface area contributed by atoms with Gasteiger partial charge in [0.15, 0.2) is 11.5 Å². The van der Waals surface area contributed by atoms with Gasteiger partial charge in [-0.3, -0.25) is 4.79 Å². The topological polar surface area (TPSA) is 86.3 Å². The summed E-state index contributed by atoms with van der Waals surface area (Å²) in [6.45, 7) is 7.56.